The Morgan fingerprint density at radius 3 is 1.24 bits per heavy atom. The molecule has 0 saturated heterocycles. The predicted molar refractivity (Wildman–Crippen MR) is 245 cm³/mol. The molecule has 0 aliphatic carbocycles. The van der Waals surface area contributed by atoms with E-state index in [1.54, 1.807) is 0 Å². The third-order valence-electron chi connectivity index (χ3n) is 10.8. The van der Waals surface area contributed by atoms with E-state index in [4.69, 9.17) is 9.98 Å². The third kappa shape index (κ3) is 28.8. The van der Waals surface area contributed by atoms with E-state index in [9.17, 15) is 0 Å². The molecular weight excluding hydrogens is 711 g/mol. The van der Waals surface area contributed by atoms with Gasteiger partial charge in [0.1, 0.15) is 0 Å². The first-order valence-corrected chi connectivity index (χ1v) is 23.4. The summed E-state index contributed by atoms with van der Waals surface area (Å²) in [5.74, 6) is 0. The third-order valence-corrected chi connectivity index (χ3v) is 10.8. The Labute approximate surface area is 352 Å². The van der Waals surface area contributed by atoms with Gasteiger partial charge in [-0.2, -0.15) is 0 Å². The zero-order valence-corrected chi connectivity index (χ0v) is 37.1. The maximum Gasteiger partial charge on any atom is 0.0665 e. The number of unbranched alkanes of at least 4 members (excludes halogenated alkanes) is 23. The topological polar surface area (TPSA) is 24.7 Å². The van der Waals surface area contributed by atoms with Crippen molar-refractivity contribution in [2.24, 2.45) is 9.98 Å². The molecule has 2 aromatic carbocycles. The molecule has 0 aliphatic heterocycles. The average Bonchev–Trinajstić information content (AvgIpc) is 3.19. The van der Waals surface area contributed by atoms with Gasteiger partial charge in [-0.05, 0) is 100 Å². The first-order chi connectivity index (χ1) is 26.8. The van der Waals surface area contributed by atoms with E-state index in [-0.39, 0.29) is 16.5 Å². The van der Waals surface area contributed by atoms with E-state index in [1.165, 1.54) is 165 Å². The van der Waals surface area contributed by atoms with Crippen LogP contribution in [0.25, 0.3) is 0 Å². The summed E-state index contributed by atoms with van der Waals surface area (Å²) in [7, 11) is 0. The summed E-state index contributed by atoms with van der Waals surface area (Å²) in [6.07, 6.45) is 52.3. The van der Waals surface area contributed by atoms with Crippen molar-refractivity contribution in [2.75, 3.05) is 0 Å². The summed E-state index contributed by atoms with van der Waals surface area (Å²) in [6, 6.07) is 17.4. The van der Waals surface area contributed by atoms with Crippen molar-refractivity contribution < 1.29 is 16.5 Å². The summed E-state index contributed by atoms with van der Waals surface area (Å²) >= 11 is 0. The Morgan fingerprint density at radius 1 is 0.418 bits per heavy atom. The van der Waals surface area contributed by atoms with Gasteiger partial charge in [0.25, 0.3) is 0 Å². The first kappa shape index (κ1) is 50.8. The minimum absolute atomic E-state index is 0. The number of aryl methyl sites for hydroxylation is 2. The molecule has 0 unspecified atom stereocenters. The Hall–Kier alpha value is -2.25. The van der Waals surface area contributed by atoms with Crippen molar-refractivity contribution >= 4 is 23.3 Å². The van der Waals surface area contributed by atoms with Gasteiger partial charge in [-0.15, -0.1) is 0 Å². The number of hydrogen-bond acceptors (Lipinski definition) is 2. The van der Waals surface area contributed by atoms with Gasteiger partial charge in [0.2, 0.25) is 0 Å². The van der Waals surface area contributed by atoms with Crippen LogP contribution in [0, 0.1) is 0 Å². The van der Waals surface area contributed by atoms with Crippen LogP contribution in [0.5, 0.6) is 0 Å². The molecule has 0 aliphatic rings. The first-order valence-electron chi connectivity index (χ1n) is 23.4. The fourth-order valence-corrected chi connectivity index (χ4v) is 7.28. The largest absolute Gasteiger partial charge is 0.255 e. The molecule has 0 heterocycles. The van der Waals surface area contributed by atoms with Crippen LogP contribution in [0.3, 0.4) is 0 Å². The second kappa shape index (κ2) is 38.6. The maximum absolute atomic E-state index is 5.21. The van der Waals surface area contributed by atoms with E-state index >= 15 is 0 Å². The van der Waals surface area contributed by atoms with E-state index < -0.39 is 0 Å². The smallest absolute Gasteiger partial charge is 0.0665 e. The van der Waals surface area contributed by atoms with Crippen molar-refractivity contribution in [1.82, 2.24) is 0 Å². The maximum atomic E-state index is 5.21. The molecule has 2 aromatic rings. The SMILES string of the molecule is CCCCCCCCCCCC/C=C/CCCc1ccccc1N=CC(CCCC)=Nc1ccccc1CCC/C=C/CCCCCCCCCCCC.[Ni]. The van der Waals surface area contributed by atoms with Crippen LogP contribution in [-0.4, -0.2) is 11.9 Å². The number of hydrogen-bond donors (Lipinski definition) is 0. The minimum atomic E-state index is 0. The molecule has 312 valence electrons. The van der Waals surface area contributed by atoms with Crippen molar-refractivity contribution in [3.8, 4) is 0 Å². The number of benzene rings is 2. The molecule has 0 N–H and O–H groups in total. The summed E-state index contributed by atoms with van der Waals surface area (Å²) < 4.78 is 0. The summed E-state index contributed by atoms with van der Waals surface area (Å²) in [5.41, 5.74) is 5.99. The van der Waals surface area contributed by atoms with Crippen LogP contribution in [-0.2, 0) is 29.3 Å². The van der Waals surface area contributed by atoms with Crippen molar-refractivity contribution in [2.45, 2.75) is 220 Å². The Balaban J connectivity index is 0.0000151. The molecular formula is C52H84N2Ni. The van der Waals surface area contributed by atoms with Crippen LogP contribution in [0.15, 0.2) is 82.8 Å². The monoisotopic (exact) mass is 795 g/mol. The number of rotatable bonds is 36. The minimum Gasteiger partial charge on any atom is -0.255 e. The quantitative estimate of drug-likeness (QED) is 0.0284. The van der Waals surface area contributed by atoms with Crippen molar-refractivity contribution in [1.29, 1.82) is 0 Å². The van der Waals surface area contributed by atoms with Gasteiger partial charge in [0, 0.05) is 22.7 Å². The Morgan fingerprint density at radius 2 is 0.782 bits per heavy atom. The van der Waals surface area contributed by atoms with Gasteiger partial charge in [-0.25, -0.2) is 0 Å². The molecule has 3 heteroatoms. The van der Waals surface area contributed by atoms with Crippen molar-refractivity contribution in [3.05, 3.63) is 84.0 Å². The fourth-order valence-electron chi connectivity index (χ4n) is 7.28. The number of para-hydroxylation sites is 2. The number of allylic oxidation sites excluding steroid dienone is 4. The fraction of sp³-hybridized carbons (Fsp3) is 0.654. The van der Waals surface area contributed by atoms with E-state index in [0.29, 0.717) is 0 Å². The van der Waals surface area contributed by atoms with Crippen LogP contribution in [0.4, 0.5) is 11.4 Å². The second-order valence-corrected chi connectivity index (χ2v) is 15.9. The second-order valence-electron chi connectivity index (χ2n) is 15.9. The van der Waals surface area contributed by atoms with Crippen LogP contribution in [0.2, 0.25) is 0 Å². The van der Waals surface area contributed by atoms with E-state index in [1.807, 2.05) is 6.21 Å². The molecule has 0 aromatic heterocycles. The van der Waals surface area contributed by atoms with Gasteiger partial charge >= 0.3 is 0 Å². The van der Waals surface area contributed by atoms with E-state index in [0.717, 1.165) is 62.0 Å². The zero-order chi connectivity index (χ0) is 38.4. The average molecular weight is 796 g/mol. The molecule has 0 saturated carbocycles. The Kier molecular flexibility index (Phi) is 35.7. The molecule has 55 heavy (non-hydrogen) atoms. The molecule has 2 rings (SSSR count). The van der Waals surface area contributed by atoms with Gasteiger partial charge in [-0.3, -0.25) is 9.98 Å². The normalized spacial score (nSPS) is 12.1. The Bertz CT molecular complexity index is 1260. The summed E-state index contributed by atoms with van der Waals surface area (Å²) in [6.45, 7) is 6.85. The van der Waals surface area contributed by atoms with Gasteiger partial charge in [0.05, 0.1) is 17.1 Å². The molecule has 0 bridgehead atoms. The van der Waals surface area contributed by atoms with Gasteiger partial charge in [-0.1, -0.05) is 203 Å². The van der Waals surface area contributed by atoms with Gasteiger partial charge < -0.3 is 0 Å². The molecule has 0 amide bonds. The van der Waals surface area contributed by atoms with Crippen LogP contribution >= 0.6 is 0 Å². The zero-order valence-electron chi connectivity index (χ0n) is 36.1. The number of nitrogens with zero attached hydrogens (tertiary/aromatic N) is 2. The number of aliphatic imine (C=N–C) groups is 2. The summed E-state index contributed by atoms with van der Waals surface area (Å²) in [5, 5.41) is 0. The standard InChI is InChI=1S/C52H84N2.Ni/c1-4-7-10-12-14-16-18-20-22-24-26-28-30-32-34-40-48-42-36-38-45-51(48)53-47-50(44-9-6-3)54-52-46-39-37-43-49(52)41-35-33-31-29-27-25-23-21-19-17-15-13-11-8-5-2;/h28-31,36-39,42-43,45-47H,4-27,32-35,40-41,44H2,1-3H3;/b30-28+,31-29+,53-47?,54-50?;. The molecule has 0 atom stereocenters. The predicted octanol–water partition coefficient (Wildman–Crippen LogP) is 17.7. The van der Waals surface area contributed by atoms with Gasteiger partial charge in [0.15, 0.2) is 0 Å². The van der Waals surface area contributed by atoms with Crippen LogP contribution < -0.4 is 0 Å². The van der Waals surface area contributed by atoms with Crippen molar-refractivity contribution in [3.63, 3.8) is 0 Å². The molecule has 0 fully saturated rings. The van der Waals surface area contributed by atoms with E-state index in [2.05, 4.69) is 93.6 Å². The molecule has 2 nitrogen and oxygen atoms in total. The molecule has 0 spiro atoms. The molecule has 0 radical (unpaired) electrons. The summed E-state index contributed by atoms with van der Waals surface area (Å²) in [4.78, 5) is 10.3. The van der Waals surface area contributed by atoms with Crippen LogP contribution in [0.1, 0.15) is 218 Å².